The molecular weight excluding hydrogens is 306 g/mol. The number of anilines is 1. The van der Waals surface area contributed by atoms with E-state index in [9.17, 15) is 10.1 Å². The summed E-state index contributed by atoms with van der Waals surface area (Å²) in [6.45, 7) is 1.85. The molecule has 1 fully saturated rings. The molecule has 2 aromatic heterocycles. The van der Waals surface area contributed by atoms with Gasteiger partial charge >= 0.3 is 0 Å². The van der Waals surface area contributed by atoms with Crippen LogP contribution in [0.5, 0.6) is 0 Å². The standard InChI is InChI=1S/C17H17N5O2/c23-22(24)15-3-4-16-13(12-15)2-5-17(19-16)20-10-6-14(7-11-20)21-9-1-8-18-21/h1-5,8-9,12,14H,6-7,10-11H2. The van der Waals surface area contributed by atoms with Gasteiger partial charge in [-0.15, -0.1) is 0 Å². The molecule has 4 rings (SSSR count). The summed E-state index contributed by atoms with van der Waals surface area (Å²) >= 11 is 0. The topological polar surface area (TPSA) is 77.1 Å². The van der Waals surface area contributed by atoms with Crippen LogP contribution in [0.3, 0.4) is 0 Å². The van der Waals surface area contributed by atoms with Gasteiger partial charge in [0.15, 0.2) is 0 Å². The van der Waals surface area contributed by atoms with Crippen molar-refractivity contribution in [2.75, 3.05) is 18.0 Å². The molecule has 3 aromatic rings. The predicted octanol–water partition coefficient (Wildman–Crippen LogP) is 3.18. The average Bonchev–Trinajstić information content (AvgIpc) is 3.15. The maximum absolute atomic E-state index is 10.9. The summed E-state index contributed by atoms with van der Waals surface area (Å²) in [5, 5.41) is 16.0. The molecule has 0 N–H and O–H groups in total. The molecule has 1 aromatic carbocycles. The van der Waals surface area contributed by atoms with Crippen LogP contribution in [0.4, 0.5) is 11.5 Å². The first kappa shape index (κ1) is 14.6. The Morgan fingerprint density at radius 1 is 1.17 bits per heavy atom. The Bertz CT molecular complexity index is 870. The molecule has 7 heteroatoms. The normalized spacial score (nSPS) is 15.8. The number of hydrogen-bond donors (Lipinski definition) is 0. The van der Waals surface area contributed by atoms with Gasteiger partial charge in [-0.2, -0.15) is 5.10 Å². The number of benzene rings is 1. The van der Waals surface area contributed by atoms with Crippen molar-refractivity contribution in [3.8, 4) is 0 Å². The van der Waals surface area contributed by atoms with Crippen molar-refractivity contribution in [1.29, 1.82) is 0 Å². The minimum Gasteiger partial charge on any atom is -0.356 e. The average molecular weight is 323 g/mol. The van der Waals surface area contributed by atoms with E-state index in [4.69, 9.17) is 0 Å². The zero-order valence-corrected chi connectivity index (χ0v) is 13.1. The minimum absolute atomic E-state index is 0.0945. The van der Waals surface area contributed by atoms with Gasteiger partial charge in [0.2, 0.25) is 0 Å². The minimum atomic E-state index is -0.382. The van der Waals surface area contributed by atoms with E-state index in [2.05, 4.69) is 15.0 Å². The lowest BCUT2D eigenvalue weighted by Crippen LogP contribution is -2.35. The van der Waals surface area contributed by atoms with Crippen molar-refractivity contribution >= 4 is 22.4 Å². The van der Waals surface area contributed by atoms with Crippen LogP contribution in [0.1, 0.15) is 18.9 Å². The van der Waals surface area contributed by atoms with Gasteiger partial charge in [0.05, 0.1) is 16.5 Å². The van der Waals surface area contributed by atoms with Crippen LogP contribution in [0.25, 0.3) is 10.9 Å². The zero-order valence-electron chi connectivity index (χ0n) is 13.1. The Hall–Kier alpha value is -2.96. The van der Waals surface area contributed by atoms with Crippen LogP contribution in [0, 0.1) is 10.1 Å². The highest BCUT2D eigenvalue weighted by Gasteiger charge is 2.21. The first-order valence-corrected chi connectivity index (χ1v) is 8.00. The fraction of sp³-hybridized carbons (Fsp3) is 0.294. The monoisotopic (exact) mass is 323 g/mol. The molecule has 1 aliphatic rings. The van der Waals surface area contributed by atoms with E-state index < -0.39 is 0 Å². The fourth-order valence-electron chi connectivity index (χ4n) is 3.25. The molecule has 7 nitrogen and oxygen atoms in total. The summed E-state index contributed by atoms with van der Waals surface area (Å²) in [6, 6.07) is 11.0. The highest BCUT2D eigenvalue weighted by molar-refractivity contribution is 5.82. The fourth-order valence-corrected chi connectivity index (χ4v) is 3.25. The summed E-state index contributed by atoms with van der Waals surface area (Å²) < 4.78 is 2.03. The predicted molar refractivity (Wildman–Crippen MR) is 91.1 cm³/mol. The lowest BCUT2D eigenvalue weighted by molar-refractivity contribution is -0.384. The third-order valence-corrected chi connectivity index (χ3v) is 4.56. The summed E-state index contributed by atoms with van der Waals surface area (Å²) in [5.74, 6) is 0.926. The Kier molecular flexibility index (Phi) is 3.60. The molecule has 0 amide bonds. The number of nitro groups is 1. The second kappa shape index (κ2) is 5.92. The first-order chi connectivity index (χ1) is 11.7. The molecule has 0 saturated carbocycles. The van der Waals surface area contributed by atoms with Crippen molar-refractivity contribution in [2.24, 2.45) is 0 Å². The van der Waals surface area contributed by atoms with Crippen LogP contribution >= 0.6 is 0 Å². The van der Waals surface area contributed by atoms with Crippen LogP contribution in [0.15, 0.2) is 48.8 Å². The Morgan fingerprint density at radius 3 is 2.71 bits per heavy atom. The number of fused-ring (bicyclic) bond motifs is 1. The van der Waals surface area contributed by atoms with Crippen molar-refractivity contribution < 1.29 is 4.92 Å². The van der Waals surface area contributed by atoms with Crippen LogP contribution in [0.2, 0.25) is 0 Å². The van der Waals surface area contributed by atoms with Crippen molar-refractivity contribution in [2.45, 2.75) is 18.9 Å². The molecule has 1 aliphatic heterocycles. The number of nitrogens with zero attached hydrogens (tertiary/aromatic N) is 5. The second-order valence-corrected chi connectivity index (χ2v) is 6.01. The van der Waals surface area contributed by atoms with E-state index in [0.29, 0.717) is 6.04 Å². The summed E-state index contributed by atoms with van der Waals surface area (Å²) in [4.78, 5) is 17.4. The van der Waals surface area contributed by atoms with Gasteiger partial charge in [-0.3, -0.25) is 14.8 Å². The van der Waals surface area contributed by atoms with E-state index in [1.807, 2.05) is 35.3 Å². The molecule has 0 atom stereocenters. The molecule has 1 saturated heterocycles. The number of non-ortho nitro benzene ring substituents is 1. The molecule has 0 unspecified atom stereocenters. The molecular formula is C17H17N5O2. The third kappa shape index (κ3) is 2.68. The van der Waals surface area contributed by atoms with Crippen molar-refractivity contribution in [3.05, 3.63) is 58.9 Å². The number of hydrogen-bond acceptors (Lipinski definition) is 5. The number of nitro benzene ring substituents is 1. The van der Waals surface area contributed by atoms with Gasteiger partial charge in [0, 0.05) is 43.0 Å². The van der Waals surface area contributed by atoms with Crippen molar-refractivity contribution in [1.82, 2.24) is 14.8 Å². The lowest BCUT2D eigenvalue weighted by Gasteiger charge is -2.33. The number of rotatable bonds is 3. The molecule has 0 spiro atoms. The van der Waals surface area contributed by atoms with E-state index in [-0.39, 0.29) is 10.6 Å². The van der Waals surface area contributed by atoms with Gasteiger partial charge < -0.3 is 4.90 Å². The number of piperidine rings is 1. The van der Waals surface area contributed by atoms with Gasteiger partial charge in [0.1, 0.15) is 5.82 Å². The number of pyridine rings is 1. The molecule has 0 radical (unpaired) electrons. The van der Waals surface area contributed by atoms with E-state index in [1.54, 1.807) is 12.1 Å². The summed E-state index contributed by atoms with van der Waals surface area (Å²) in [5.41, 5.74) is 0.879. The maximum Gasteiger partial charge on any atom is 0.270 e. The lowest BCUT2D eigenvalue weighted by atomic mass is 10.1. The van der Waals surface area contributed by atoms with Crippen molar-refractivity contribution in [3.63, 3.8) is 0 Å². The third-order valence-electron chi connectivity index (χ3n) is 4.56. The Morgan fingerprint density at radius 2 is 2.00 bits per heavy atom. The van der Waals surface area contributed by atoms with Gasteiger partial charge in [-0.25, -0.2) is 4.98 Å². The van der Waals surface area contributed by atoms with Crippen LogP contribution in [-0.2, 0) is 0 Å². The summed E-state index contributed by atoms with van der Waals surface area (Å²) in [7, 11) is 0. The zero-order chi connectivity index (χ0) is 16.5. The van der Waals surface area contributed by atoms with Gasteiger partial charge in [-0.05, 0) is 37.1 Å². The Balaban J connectivity index is 1.52. The van der Waals surface area contributed by atoms with Crippen LogP contribution in [-0.4, -0.2) is 32.8 Å². The van der Waals surface area contributed by atoms with Gasteiger partial charge in [0.25, 0.3) is 5.69 Å². The van der Waals surface area contributed by atoms with Crippen LogP contribution < -0.4 is 4.90 Å². The largest absolute Gasteiger partial charge is 0.356 e. The molecule has 0 aliphatic carbocycles. The van der Waals surface area contributed by atoms with E-state index in [0.717, 1.165) is 42.7 Å². The highest BCUT2D eigenvalue weighted by Crippen LogP contribution is 2.27. The smallest absolute Gasteiger partial charge is 0.270 e. The SMILES string of the molecule is O=[N+]([O-])c1ccc2nc(N3CCC(n4cccn4)CC3)ccc2c1. The number of aromatic nitrogens is 3. The maximum atomic E-state index is 10.9. The summed E-state index contributed by atoms with van der Waals surface area (Å²) in [6.07, 6.45) is 5.89. The molecule has 122 valence electrons. The molecule has 0 bridgehead atoms. The second-order valence-electron chi connectivity index (χ2n) is 6.01. The quantitative estimate of drug-likeness (QED) is 0.546. The Labute approximate surface area is 138 Å². The first-order valence-electron chi connectivity index (χ1n) is 8.00. The van der Waals surface area contributed by atoms with E-state index >= 15 is 0 Å². The molecule has 24 heavy (non-hydrogen) atoms. The van der Waals surface area contributed by atoms with E-state index in [1.165, 1.54) is 6.07 Å². The highest BCUT2D eigenvalue weighted by atomic mass is 16.6. The van der Waals surface area contributed by atoms with Gasteiger partial charge in [-0.1, -0.05) is 0 Å². The molecule has 3 heterocycles.